The second-order valence-electron chi connectivity index (χ2n) is 8.91. The Morgan fingerprint density at radius 3 is 1.86 bits per heavy atom. The van der Waals surface area contributed by atoms with Gasteiger partial charge in [0.1, 0.15) is 34.4 Å². The number of hydrogen-bond acceptors (Lipinski definition) is 8. The Hall–Kier alpha value is -3.08. The van der Waals surface area contributed by atoms with Crippen LogP contribution in [0.4, 0.5) is 0 Å². The Morgan fingerprint density at radius 2 is 1.14 bits per heavy atom. The lowest BCUT2D eigenvalue weighted by Gasteiger charge is -2.07. The van der Waals surface area contributed by atoms with Crippen LogP contribution in [0.25, 0.3) is 22.1 Å². The molecule has 0 aliphatic carbocycles. The number of aromatic amines is 2. The van der Waals surface area contributed by atoms with Crippen molar-refractivity contribution in [2.45, 2.75) is 70.8 Å². The third kappa shape index (κ3) is 8.85. The molecule has 0 radical (unpaired) electrons. The molecule has 0 aliphatic rings. The summed E-state index contributed by atoms with van der Waals surface area (Å²) in [6.07, 6.45) is 12.2. The van der Waals surface area contributed by atoms with Gasteiger partial charge in [-0.3, -0.25) is 0 Å². The quantitative estimate of drug-likeness (QED) is 0.0741. The van der Waals surface area contributed by atoms with Crippen molar-refractivity contribution < 1.29 is 19.2 Å². The van der Waals surface area contributed by atoms with Crippen LogP contribution in [0, 0.1) is 0 Å². The molecular formula is C26H36N6O4. The maximum Gasteiger partial charge on any atom is 0.189 e. The van der Waals surface area contributed by atoms with Gasteiger partial charge in [-0.1, -0.05) is 57.4 Å². The average molecular weight is 497 g/mol. The number of hydrogen-bond donors (Lipinski definition) is 2. The highest BCUT2D eigenvalue weighted by Gasteiger charge is 2.02. The molecule has 10 heteroatoms. The fraction of sp³-hybridized carbons (Fsp3) is 0.538. The van der Waals surface area contributed by atoms with Crippen molar-refractivity contribution in [3.63, 3.8) is 0 Å². The maximum absolute atomic E-state index is 5.61. The Bertz CT molecular complexity index is 1060. The monoisotopic (exact) mass is 496 g/mol. The van der Waals surface area contributed by atoms with Crippen molar-refractivity contribution in [3.8, 4) is 5.75 Å². The first-order valence-corrected chi connectivity index (χ1v) is 12.9. The van der Waals surface area contributed by atoms with Gasteiger partial charge in [-0.15, -0.1) is 0 Å². The number of unbranched alkanes of at least 4 members (excludes halogenated alkanes) is 9. The number of rotatable bonds is 19. The lowest BCUT2D eigenvalue weighted by Crippen LogP contribution is -2.04. The van der Waals surface area contributed by atoms with Gasteiger partial charge in [0.25, 0.3) is 0 Å². The fourth-order valence-corrected chi connectivity index (χ4v) is 4.00. The number of ether oxygens (including phenoxy) is 2. The molecule has 2 aromatic carbocycles. The molecule has 2 N–H and O–H groups in total. The summed E-state index contributed by atoms with van der Waals surface area (Å²) in [5.74, 6) is 0.745. The highest BCUT2D eigenvalue weighted by Crippen LogP contribution is 2.17. The van der Waals surface area contributed by atoms with Crippen LogP contribution in [0.3, 0.4) is 0 Å². The predicted octanol–water partition coefficient (Wildman–Crippen LogP) is 5.63. The van der Waals surface area contributed by atoms with Crippen LogP contribution < -0.4 is 4.74 Å². The minimum Gasteiger partial charge on any atom is -0.467 e. The fourth-order valence-electron chi connectivity index (χ4n) is 4.00. The number of nitrogens with zero attached hydrogens (tertiary/aromatic N) is 4. The lowest BCUT2D eigenvalue weighted by atomic mass is 10.1. The van der Waals surface area contributed by atoms with Crippen LogP contribution in [0.2, 0.25) is 0 Å². The van der Waals surface area contributed by atoms with E-state index in [2.05, 4.69) is 30.8 Å². The van der Waals surface area contributed by atoms with Crippen molar-refractivity contribution >= 4 is 22.1 Å². The molecule has 0 fully saturated rings. The summed E-state index contributed by atoms with van der Waals surface area (Å²) >= 11 is 0. The SMILES string of the molecule is c1cc2n[nH]nc2cc1COOCCCCCCCCCCCCOCOc1ccc2n[nH]nc2c1. The summed E-state index contributed by atoms with van der Waals surface area (Å²) in [4.78, 5) is 10.6. The van der Waals surface area contributed by atoms with Crippen molar-refractivity contribution in [1.82, 2.24) is 30.8 Å². The number of nitrogens with one attached hydrogen (secondary N) is 2. The normalized spacial score (nSPS) is 11.6. The minimum atomic E-state index is 0.264. The second-order valence-corrected chi connectivity index (χ2v) is 8.91. The lowest BCUT2D eigenvalue weighted by molar-refractivity contribution is -0.304. The number of H-pyrrole nitrogens is 2. The van der Waals surface area contributed by atoms with E-state index in [1.165, 1.54) is 51.4 Å². The summed E-state index contributed by atoms with van der Waals surface area (Å²) in [5, 5.41) is 21.4. The molecule has 4 rings (SSSR count). The Kier molecular flexibility index (Phi) is 10.9. The van der Waals surface area contributed by atoms with Gasteiger partial charge in [0.05, 0.1) is 13.2 Å². The average Bonchev–Trinajstić information content (AvgIpc) is 3.56. The minimum absolute atomic E-state index is 0.264. The topological polar surface area (TPSA) is 120 Å². The molecule has 0 saturated heterocycles. The Labute approximate surface area is 211 Å². The number of benzene rings is 2. The van der Waals surface area contributed by atoms with E-state index in [-0.39, 0.29) is 6.79 Å². The third-order valence-electron chi connectivity index (χ3n) is 6.05. The molecule has 0 unspecified atom stereocenters. The van der Waals surface area contributed by atoms with E-state index in [1.807, 2.05) is 36.4 Å². The van der Waals surface area contributed by atoms with E-state index in [0.717, 1.165) is 52.8 Å². The zero-order valence-electron chi connectivity index (χ0n) is 20.8. The summed E-state index contributed by atoms with van der Waals surface area (Å²) < 4.78 is 11.2. The van der Waals surface area contributed by atoms with Crippen LogP contribution in [-0.2, 0) is 21.1 Å². The summed E-state index contributed by atoms with van der Waals surface area (Å²) in [6.45, 7) is 2.05. The molecule has 0 amide bonds. The van der Waals surface area contributed by atoms with Crippen molar-refractivity contribution in [1.29, 1.82) is 0 Å². The highest BCUT2D eigenvalue weighted by atomic mass is 17.2. The predicted molar refractivity (Wildman–Crippen MR) is 136 cm³/mol. The van der Waals surface area contributed by atoms with Gasteiger partial charge in [-0.05, 0) is 42.7 Å². The van der Waals surface area contributed by atoms with Gasteiger partial charge in [0, 0.05) is 6.07 Å². The highest BCUT2D eigenvalue weighted by molar-refractivity contribution is 5.75. The molecule has 10 nitrogen and oxygen atoms in total. The van der Waals surface area contributed by atoms with E-state index < -0.39 is 0 Å². The van der Waals surface area contributed by atoms with Crippen molar-refractivity contribution in [2.75, 3.05) is 20.0 Å². The van der Waals surface area contributed by atoms with Crippen LogP contribution >= 0.6 is 0 Å². The maximum atomic E-state index is 5.61. The van der Waals surface area contributed by atoms with E-state index in [1.54, 1.807) is 0 Å². The van der Waals surface area contributed by atoms with Gasteiger partial charge in [-0.2, -0.15) is 30.8 Å². The molecular weight excluding hydrogens is 460 g/mol. The standard InChI is InChI=1S/C26H36N6O4/c1(3-5-7-9-15-33-20-34-22-12-14-24-26(18-22)30-32-28-24)2-4-6-8-10-16-35-36-19-21-11-13-23-25(17-21)29-31-27-23/h11-14,17-18H,1-10,15-16,19-20H2,(H,27,29,31)(H,28,30,32). The number of aromatic nitrogens is 6. The van der Waals surface area contributed by atoms with Crippen LogP contribution in [-0.4, -0.2) is 50.8 Å². The first-order chi connectivity index (χ1) is 17.9. The van der Waals surface area contributed by atoms with E-state index in [0.29, 0.717) is 13.2 Å². The van der Waals surface area contributed by atoms with Gasteiger partial charge >= 0.3 is 0 Å². The largest absolute Gasteiger partial charge is 0.467 e. The molecule has 0 aliphatic heterocycles. The summed E-state index contributed by atoms with van der Waals surface area (Å²) in [7, 11) is 0. The van der Waals surface area contributed by atoms with Crippen molar-refractivity contribution in [2.24, 2.45) is 0 Å². The summed E-state index contributed by atoms with van der Waals surface area (Å²) in [5.41, 5.74) is 4.33. The Morgan fingerprint density at radius 1 is 0.556 bits per heavy atom. The van der Waals surface area contributed by atoms with E-state index >= 15 is 0 Å². The molecule has 2 heterocycles. The molecule has 0 spiro atoms. The first kappa shape index (κ1) is 26.0. The molecule has 4 aromatic rings. The summed E-state index contributed by atoms with van der Waals surface area (Å²) in [6, 6.07) is 11.5. The molecule has 0 saturated carbocycles. The van der Waals surface area contributed by atoms with Gasteiger partial charge in [-0.25, -0.2) is 9.78 Å². The number of fused-ring (bicyclic) bond motifs is 2. The third-order valence-corrected chi connectivity index (χ3v) is 6.05. The van der Waals surface area contributed by atoms with Crippen LogP contribution in [0.5, 0.6) is 5.75 Å². The molecule has 194 valence electrons. The Balaban J connectivity index is 0.868. The molecule has 36 heavy (non-hydrogen) atoms. The van der Waals surface area contributed by atoms with Crippen LogP contribution in [0.1, 0.15) is 69.8 Å². The van der Waals surface area contributed by atoms with E-state index in [4.69, 9.17) is 19.2 Å². The van der Waals surface area contributed by atoms with Gasteiger partial charge in [0.15, 0.2) is 6.79 Å². The molecule has 0 atom stereocenters. The second kappa shape index (κ2) is 15.1. The smallest absolute Gasteiger partial charge is 0.189 e. The van der Waals surface area contributed by atoms with Gasteiger partial charge < -0.3 is 9.47 Å². The molecule has 2 aromatic heterocycles. The first-order valence-electron chi connectivity index (χ1n) is 12.9. The zero-order valence-corrected chi connectivity index (χ0v) is 20.8. The van der Waals surface area contributed by atoms with Gasteiger partial charge in [0.2, 0.25) is 0 Å². The zero-order chi connectivity index (χ0) is 24.7. The van der Waals surface area contributed by atoms with Crippen molar-refractivity contribution in [3.05, 3.63) is 42.0 Å². The van der Waals surface area contributed by atoms with Crippen LogP contribution in [0.15, 0.2) is 36.4 Å². The molecule has 0 bridgehead atoms. The van der Waals surface area contributed by atoms with E-state index in [9.17, 15) is 0 Å².